The Morgan fingerprint density at radius 1 is 0.365 bits per heavy atom. The Morgan fingerprint density at radius 3 is 0.894 bits per heavy atom. The average molecular weight is 1390 g/mol. The van der Waals surface area contributed by atoms with Gasteiger partial charge in [0, 0.05) is 78.8 Å². The Morgan fingerprint density at radius 2 is 0.644 bits per heavy atom. The van der Waals surface area contributed by atoms with E-state index < -0.39 is 71.4 Å². The van der Waals surface area contributed by atoms with Crippen LogP contribution in [-0.2, 0) is 44.9 Å². The summed E-state index contributed by atoms with van der Waals surface area (Å²) in [7, 11) is 0. The van der Waals surface area contributed by atoms with Gasteiger partial charge in [-0.15, -0.1) is 0 Å². The molecule has 0 bridgehead atoms. The summed E-state index contributed by atoms with van der Waals surface area (Å²) in [5, 5.41) is 1.61. The SMILES string of the molecule is C=C(C)C(=O)Oc1cc(OC(=O)C(C(C)C)N2C(=O)c3cc(Oc4cccc(CC)c4)c4c5c(Oc6cccc(CC)c6)cc6c7c(cc(Oc8cccc(CC)c8)c(c8c(Oc9cccc(CC)c9)cc(c3c48)C2=O)c75)C(=O)N(C(C(=O)Oc2ccnc(OC(=O)C(=C)C)c2)C(C)C)C6=O)ccn1. The second-order valence-electron chi connectivity index (χ2n) is 26.3. The van der Waals surface area contributed by atoms with Gasteiger partial charge in [0.2, 0.25) is 11.8 Å². The molecular weight excluding hydrogens is 1320 g/mol. The van der Waals surface area contributed by atoms with Gasteiger partial charge in [-0.2, -0.15) is 0 Å². The lowest BCUT2D eigenvalue weighted by molar-refractivity contribution is -0.141. The third kappa shape index (κ3) is 13.1. The first kappa shape index (κ1) is 69.9. The minimum Gasteiger partial charge on any atom is -0.457 e. The molecule has 104 heavy (non-hydrogen) atoms. The van der Waals surface area contributed by atoms with Gasteiger partial charge in [-0.25, -0.2) is 29.1 Å². The molecule has 4 amide bonds. The van der Waals surface area contributed by atoms with Crippen LogP contribution in [0.15, 0.2) is 182 Å². The summed E-state index contributed by atoms with van der Waals surface area (Å²) in [5.74, 6) is -7.96. The standard InChI is InChI=1S/C84H72N4O16/c1-13-47-21-17-25-51(33-47)97-61-39-57-67-58(78(90)87(77(57)89)75(43(5)6)83(95)101-55-29-31-85-65(37-55)103-81(93)45(9)10)41-63(99-53-27-19-23-49(15-3)35-53)71-72-64(100-54-28-20-24-50(16-4)36-54)42-60-68-59(40-62(70(74(68)72)69(61)73(67)71)98-52-26-18-22-48(14-2)34-52)79(91)88(80(60)92)76(44(7)8)84(96)102-56-30-32-86-66(38-56)104-82(94)46(11)12/h17-44,75-76H,9,11,13-16H2,1-8,10,12H3. The van der Waals surface area contributed by atoms with Crippen molar-refractivity contribution in [1.29, 1.82) is 0 Å². The van der Waals surface area contributed by atoms with E-state index in [0.29, 0.717) is 48.7 Å². The predicted molar refractivity (Wildman–Crippen MR) is 390 cm³/mol. The van der Waals surface area contributed by atoms with Crippen LogP contribution in [0.25, 0.3) is 43.1 Å². The topological polar surface area (TPSA) is 243 Å². The zero-order chi connectivity index (χ0) is 73.7. The largest absolute Gasteiger partial charge is 0.457 e. The van der Waals surface area contributed by atoms with Crippen molar-refractivity contribution < 1.29 is 76.3 Å². The second-order valence-corrected chi connectivity index (χ2v) is 26.3. The molecule has 2 atom stereocenters. The summed E-state index contributed by atoms with van der Waals surface area (Å²) in [6, 6.07) is 37.5. The number of pyridine rings is 2. The van der Waals surface area contributed by atoms with Gasteiger partial charge in [-0.3, -0.25) is 29.0 Å². The summed E-state index contributed by atoms with van der Waals surface area (Å²) >= 11 is 0. The fourth-order valence-electron chi connectivity index (χ4n) is 13.3. The Hall–Kier alpha value is -12.6. The van der Waals surface area contributed by atoms with E-state index in [1.807, 2.05) is 100 Å². The van der Waals surface area contributed by atoms with Crippen LogP contribution in [0.1, 0.15) is 133 Å². The first-order valence-corrected chi connectivity index (χ1v) is 34.3. The van der Waals surface area contributed by atoms with Crippen molar-refractivity contribution in [3.8, 4) is 69.3 Å². The molecule has 2 unspecified atom stereocenters. The molecule has 0 saturated carbocycles. The number of hydrogen-bond donors (Lipinski definition) is 0. The van der Waals surface area contributed by atoms with E-state index in [9.17, 15) is 9.59 Å². The molecule has 0 saturated heterocycles. The van der Waals surface area contributed by atoms with Gasteiger partial charge in [-0.05, 0) is 159 Å². The van der Waals surface area contributed by atoms with Crippen molar-refractivity contribution in [3.63, 3.8) is 0 Å². The van der Waals surface area contributed by atoms with Gasteiger partial charge in [-0.1, -0.05) is 117 Å². The summed E-state index contributed by atoms with van der Waals surface area (Å²) < 4.78 is 51.7. The lowest BCUT2D eigenvalue weighted by atomic mass is 9.80. The minimum atomic E-state index is -1.61. The highest BCUT2D eigenvalue weighted by atomic mass is 16.6. The fourth-order valence-corrected chi connectivity index (χ4v) is 13.3. The van der Waals surface area contributed by atoms with Crippen molar-refractivity contribution in [2.24, 2.45) is 11.8 Å². The number of aryl methyl sites for hydroxylation is 4. The molecular formula is C84H72N4O16. The predicted octanol–water partition coefficient (Wildman–Crippen LogP) is 17.4. The molecule has 2 aliphatic rings. The van der Waals surface area contributed by atoms with Crippen molar-refractivity contribution in [2.75, 3.05) is 0 Å². The van der Waals surface area contributed by atoms with Crippen LogP contribution in [0.5, 0.6) is 69.3 Å². The molecule has 0 radical (unpaired) electrons. The van der Waals surface area contributed by atoms with Crippen molar-refractivity contribution >= 4 is 90.6 Å². The van der Waals surface area contributed by atoms with Gasteiger partial charge >= 0.3 is 23.9 Å². The summed E-state index contributed by atoms with van der Waals surface area (Å²) in [5.41, 5.74) is 3.45. The number of nitrogens with zero attached hydrogens (tertiary/aromatic N) is 4. The molecule has 13 rings (SSSR count). The van der Waals surface area contributed by atoms with Gasteiger partial charge in [0.25, 0.3) is 23.6 Å². The Labute approximate surface area is 598 Å². The van der Waals surface area contributed by atoms with Crippen molar-refractivity contribution in [1.82, 2.24) is 19.8 Å². The van der Waals surface area contributed by atoms with Gasteiger partial charge in [0.15, 0.2) is 0 Å². The van der Waals surface area contributed by atoms with Crippen LogP contribution in [-0.4, -0.2) is 79.4 Å². The molecule has 0 spiro atoms. The molecule has 524 valence electrons. The Bertz CT molecular complexity index is 4900. The summed E-state index contributed by atoms with van der Waals surface area (Å²) in [4.78, 5) is 131. The highest BCUT2D eigenvalue weighted by molar-refractivity contribution is 6.45. The number of aromatic nitrogens is 2. The molecule has 0 N–H and O–H groups in total. The van der Waals surface area contributed by atoms with E-state index in [0.717, 1.165) is 32.1 Å². The lowest BCUT2D eigenvalue weighted by Crippen LogP contribution is -2.54. The summed E-state index contributed by atoms with van der Waals surface area (Å²) in [6.45, 7) is 24.8. The maximum Gasteiger partial charge on any atom is 0.339 e. The van der Waals surface area contributed by atoms with E-state index in [1.54, 1.807) is 52.0 Å². The third-order valence-corrected chi connectivity index (χ3v) is 18.3. The first-order chi connectivity index (χ1) is 50.0. The van der Waals surface area contributed by atoms with E-state index in [4.69, 9.17) is 37.9 Å². The third-order valence-electron chi connectivity index (χ3n) is 18.3. The van der Waals surface area contributed by atoms with Gasteiger partial charge in [0.1, 0.15) is 69.6 Å². The normalized spacial score (nSPS) is 13.2. The number of imide groups is 2. The molecule has 20 nitrogen and oxygen atoms in total. The maximum atomic E-state index is 16.3. The number of ether oxygens (including phenoxy) is 8. The van der Waals surface area contributed by atoms with Crippen LogP contribution in [0, 0.1) is 11.8 Å². The number of fused-ring (bicyclic) bond motifs is 2. The van der Waals surface area contributed by atoms with Crippen molar-refractivity contribution in [3.05, 3.63) is 227 Å². The zero-order valence-corrected chi connectivity index (χ0v) is 58.9. The monoisotopic (exact) mass is 1390 g/mol. The molecule has 2 aliphatic heterocycles. The van der Waals surface area contributed by atoms with E-state index in [2.05, 4.69) is 23.1 Å². The van der Waals surface area contributed by atoms with E-state index >= 15 is 28.8 Å². The Kier molecular flexibility index (Phi) is 19.1. The van der Waals surface area contributed by atoms with Crippen molar-refractivity contribution in [2.45, 2.75) is 107 Å². The van der Waals surface area contributed by atoms with Gasteiger partial charge in [0.05, 0.1) is 22.3 Å². The van der Waals surface area contributed by atoms with Crippen LogP contribution in [0.3, 0.4) is 0 Å². The minimum absolute atomic E-state index is 0.0287. The molecule has 11 aromatic rings. The second kappa shape index (κ2) is 28.4. The van der Waals surface area contributed by atoms with Crippen LogP contribution >= 0.6 is 0 Å². The molecule has 9 aromatic carbocycles. The van der Waals surface area contributed by atoms with Gasteiger partial charge < -0.3 is 37.9 Å². The highest BCUT2D eigenvalue weighted by Gasteiger charge is 2.48. The van der Waals surface area contributed by atoms with Crippen LogP contribution < -0.4 is 37.9 Å². The maximum absolute atomic E-state index is 16.3. The number of benzene rings is 9. The van der Waals surface area contributed by atoms with Crippen LogP contribution in [0.4, 0.5) is 0 Å². The molecule has 0 aliphatic carbocycles. The molecule has 0 fully saturated rings. The zero-order valence-electron chi connectivity index (χ0n) is 58.9. The Balaban J connectivity index is 1.14. The first-order valence-electron chi connectivity index (χ1n) is 34.3. The van der Waals surface area contributed by atoms with E-state index in [-0.39, 0.29) is 123 Å². The molecule has 4 heterocycles. The number of carbonyl (C=O) groups excluding carboxylic acids is 8. The molecule has 2 aromatic heterocycles. The highest BCUT2D eigenvalue weighted by Crippen LogP contribution is 2.58. The molecule has 20 heteroatoms. The summed E-state index contributed by atoms with van der Waals surface area (Å²) in [6.07, 6.45) is 4.95. The number of hydrogen-bond acceptors (Lipinski definition) is 18. The number of esters is 4. The fraction of sp³-hybridized carbons (Fsp3) is 0.214. The smallest absolute Gasteiger partial charge is 0.339 e. The number of rotatable bonds is 24. The number of amides is 4. The van der Waals surface area contributed by atoms with Crippen LogP contribution in [0.2, 0.25) is 0 Å². The lowest BCUT2D eigenvalue weighted by Gasteiger charge is -2.36. The van der Waals surface area contributed by atoms with E-state index in [1.165, 1.54) is 74.8 Å². The number of carbonyl (C=O) groups is 8. The average Bonchev–Trinajstić information content (AvgIpc) is 0.670. The quantitative estimate of drug-likeness (QED) is 0.0179.